The smallest absolute Gasteiger partial charge is 0.408 e. The van der Waals surface area contributed by atoms with Crippen molar-refractivity contribution >= 4 is 12.1 Å². The lowest BCUT2D eigenvalue weighted by Gasteiger charge is -2.25. The number of carbonyl (C=O) groups is 2. The average molecular weight is 277 g/mol. The monoisotopic (exact) mass is 277 g/mol. The first-order chi connectivity index (χ1) is 9.49. The third kappa shape index (κ3) is 3.98. The maximum Gasteiger partial charge on any atom is 0.408 e. The van der Waals surface area contributed by atoms with E-state index in [1.165, 1.54) is 6.92 Å². The molecule has 1 atom stereocenters. The molecule has 0 aromatic heterocycles. The van der Waals surface area contributed by atoms with E-state index in [1.807, 2.05) is 30.3 Å². The van der Waals surface area contributed by atoms with E-state index in [4.69, 9.17) is 4.74 Å². The van der Waals surface area contributed by atoms with Crippen LogP contribution in [0.25, 0.3) is 0 Å². The van der Waals surface area contributed by atoms with Gasteiger partial charge in [-0.25, -0.2) is 9.59 Å². The molecule has 0 heterocycles. The van der Waals surface area contributed by atoms with Gasteiger partial charge in [-0.1, -0.05) is 43.2 Å². The largest absolute Gasteiger partial charge is 0.480 e. The van der Waals surface area contributed by atoms with Crippen molar-refractivity contribution in [3.05, 3.63) is 35.9 Å². The van der Waals surface area contributed by atoms with E-state index in [9.17, 15) is 14.7 Å². The van der Waals surface area contributed by atoms with Crippen LogP contribution in [-0.2, 0) is 16.1 Å². The van der Waals surface area contributed by atoms with Crippen molar-refractivity contribution in [1.29, 1.82) is 0 Å². The van der Waals surface area contributed by atoms with Crippen LogP contribution in [0.2, 0.25) is 0 Å². The van der Waals surface area contributed by atoms with Crippen molar-refractivity contribution in [3.63, 3.8) is 0 Å². The van der Waals surface area contributed by atoms with Gasteiger partial charge in [-0.15, -0.1) is 0 Å². The molecule has 1 aromatic rings. The molecule has 1 aliphatic rings. The quantitative estimate of drug-likeness (QED) is 0.838. The van der Waals surface area contributed by atoms with Crippen molar-refractivity contribution in [3.8, 4) is 0 Å². The second kappa shape index (κ2) is 5.94. The molecule has 108 valence electrons. The molecule has 1 fully saturated rings. The maximum absolute atomic E-state index is 11.7. The maximum atomic E-state index is 11.7. The van der Waals surface area contributed by atoms with Crippen LogP contribution in [0.3, 0.4) is 0 Å². The van der Waals surface area contributed by atoms with Gasteiger partial charge in [-0.05, 0) is 24.8 Å². The summed E-state index contributed by atoms with van der Waals surface area (Å²) in [4.78, 5) is 23.1. The molecule has 2 rings (SSSR count). The summed E-state index contributed by atoms with van der Waals surface area (Å²) in [5.41, 5.74) is -0.392. The Kier molecular flexibility index (Phi) is 4.27. The molecular weight excluding hydrogens is 258 g/mol. The molecule has 1 saturated carbocycles. The average Bonchev–Trinajstić information content (AvgIpc) is 3.21. The number of ether oxygens (including phenoxy) is 1. The van der Waals surface area contributed by atoms with Crippen LogP contribution in [0.4, 0.5) is 4.79 Å². The highest BCUT2D eigenvalue weighted by Gasteiger charge is 2.40. The van der Waals surface area contributed by atoms with Gasteiger partial charge in [0.1, 0.15) is 12.1 Å². The van der Waals surface area contributed by atoms with Crippen LogP contribution in [0, 0.1) is 5.92 Å². The Morgan fingerprint density at radius 3 is 2.55 bits per heavy atom. The lowest BCUT2D eigenvalue weighted by Crippen LogP contribution is -2.52. The first-order valence-electron chi connectivity index (χ1n) is 6.72. The predicted molar refractivity (Wildman–Crippen MR) is 73.1 cm³/mol. The van der Waals surface area contributed by atoms with Crippen LogP contribution in [-0.4, -0.2) is 22.7 Å². The first-order valence-corrected chi connectivity index (χ1v) is 6.72. The third-order valence-corrected chi connectivity index (χ3v) is 3.46. The molecule has 2 N–H and O–H groups in total. The number of carboxylic acid groups (broad SMARTS) is 1. The highest BCUT2D eigenvalue weighted by Crippen LogP contribution is 2.36. The summed E-state index contributed by atoms with van der Waals surface area (Å²) in [5.74, 6) is -0.633. The van der Waals surface area contributed by atoms with Crippen molar-refractivity contribution < 1.29 is 19.4 Å². The lowest BCUT2D eigenvalue weighted by molar-refractivity contribution is -0.144. The minimum Gasteiger partial charge on any atom is -0.480 e. The van der Waals surface area contributed by atoms with E-state index in [1.54, 1.807) is 0 Å². The molecule has 1 aromatic carbocycles. The normalized spacial score (nSPS) is 17.1. The van der Waals surface area contributed by atoms with Crippen LogP contribution in [0.15, 0.2) is 30.3 Å². The molecule has 1 amide bonds. The van der Waals surface area contributed by atoms with Gasteiger partial charge in [0.15, 0.2) is 0 Å². The molecule has 1 unspecified atom stereocenters. The van der Waals surface area contributed by atoms with E-state index in [2.05, 4.69) is 5.32 Å². The van der Waals surface area contributed by atoms with Gasteiger partial charge in [-0.3, -0.25) is 0 Å². The Morgan fingerprint density at radius 2 is 2.00 bits per heavy atom. The van der Waals surface area contributed by atoms with E-state index in [-0.39, 0.29) is 6.61 Å². The van der Waals surface area contributed by atoms with E-state index < -0.39 is 17.6 Å². The fraction of sp³-hybridized carbons (Fsp3) is 0.467. The van der Waals surface area contributed by atoms with E-state index in [0.29, 0.717) is 12.3 Å². The number of alkyl carbamates (subject to hydrolysis) is 1. The number of benzene rings is 1. The molecule has 1 aliphatic carbocycles. The van der Waals surface area contributed by atoms with Crippen molar-refractivity contribution in [2.75, 3.05) is 0 Å². The Morgan fingerprint density at radius 1 is 1.35 bits per heavy atom. The van der Waals surface area contributed by atoms with Crippen molar-refractivity contribution in [2.24, 2.45) is 5.92 Å². The van der Waals surface area contributed by atoms with E-state index in [0.717, 1.165) is 18.4 Å². The second-order valence-corrected chi connectivity index (χ2v) is 5.47. The summed E-state index contributed by atoms with van der Waals surface area (Å²) in [6, 6.07) is 9.26. The number of aliphatic carboxylic acids is 1. The molecule has 0 saturated heterocycles. The zero-order valence-corrected chi connectivity index (χ0v) is 11.5. The van der Waals surface area contributed by atoms with Crippen LogP contribution in [0.5, 0.6) is 0 Å². The Hall–Kier alpha value is -2.04. The van der Waals surface area contributed by atoms with Gasteiger partial charge in [-0.2, -0.15) is 0 Å². The molecular formula is C15H19NO4. The summed E-state index contributed by atoms with van der Waals surface area (Å²) >= 11 is 0. The molecule has 0 aliphatic heterocycles. The van der Waals surface area contributed by atoms with Crippen LogP contribution >= 0.6 is 0 Å². The van der Waals surface area contributed by atoms with Gasteiger partial charge in [0.25, 0.3) is 0 Å². The number of hydrogen-bond acceptors (Lipinski definition) is 3. The number of carbonyl (C=O) groups excluding carboxylic acids is 1. The van der Waals surface area contributed by atoms with E-state index >= 15 is 0 Å². The Balaban J connectivity index is 1.86. The molecule has 0 bridgehead atoms. The van der Waals surface area contributed by atoms with Gasteiger partial charge in [0.05, 0.1) is 0 Å². The van der Waals surface area contributed by atoms with Gasteiger partial charge >= 0.3 is 12.1 Å². The van der Waals surface area contributed by atoms with Gasteiger partial charge < -0.3 is 15.2 Å². The van der Waals surface area contributed by atoms with Crippen LogP contribution < -0.4 is 5.32 Å². The minimum absolute atomic E-state index is 0.131. The number of hydrogen-bond donors (Lipinski definition) is 2. The number of carboxylic acids is 1. The molecule has 5 nitrogen and oxygen atoms in total. The summed E-state index contributed by atoms with van der Waals surface area (Å²) in [6.07, 6.45) is 1.81. The summed E-state index contributed by atoms with van der Waals surface area (Å²) < 4.78 is 5.06. The number of amides is 1. The standard InChI is InChI=1S/C15H19NO4/c1-15(13(17)18,9-11-7-8-11)16-14(19)20-10-12-5-3-2-4-6-12/h2-6,11H,7-10H2,1H3,(H,16,19)(H,17,18). The Bertz CT molecular complexity index is 484. The highest BCUT2D eigenvalue weighted by molar-refractivity contribution is 5.83. The molecule has 5 heteroatoms. The SMILES string of the molecule is CC(CC1CC1)(NC(=O)OCc1ccccc1)C(=O)O. The molecule has 0 radical (unpaired) electrons. The molecule has 0 spiro atoms. The number of nitrogens with one attached hydrogen (secondary N) is 1. The lowest BCUT2D eigenvalue weighted by atomic mass is 9.95. The third-order valence-electron chi connectivity index (χ3n) is 3.46. The fourth-order valence-corrected chi connectivity index (χ4v) is 2.08. The summed E-state index contributed by atoms with van der Waals surface area (Å²) in [5, 5.41) is 11.7. The van der Waals surface area contributed by atoms with Gasteiger partial charge in [0.2, 0.25) is 0 Å². The van der Waals surface area contributed by atoms with Crippen molar-refractivity contribution in [1.82, 2.24) is 5.32 Å². The zero-order valence-electron chi connectivity index (χ0n) is 11.5. The second-order valence-electron chi connectivity index (χ2n) is 5.47. The molecule has 20 heavy (non-hydrogen) atoms. The number of rotatable bonds is 6. The first kappa shape index (κ1) is 14.4. The minimum atomic E-state index is -1.26. The fourth-order valence-electron chi connectivity index (χ4n) is 2.08. The van der Waals surface area contributed by atoms with Gasteiger partial charge in [0, 0.05) is 0 Å². The summed E-state index contributed by atoms with van der Waals surface area (Å²) in [6.45, 7) is 1.66. The summed E-state index contributed by atoms with van der Waals surface area (Å²) in [7, 11) is 0. The van der Waals surface area contributed by atoms with Crippen LogP contribution in [0.1, 0.15) is 31.7 Å². The predicted octanol–water partition coefficient (Wildman–Crippen LogP) is 2.56. The zero-order chi connectivity index (χ0) is 14.6. The van der Waals surface area contributed by atoms with Crippen molar-refractivity contribution in [2.45, 2.75) is 38.3 Å². The highest BCUT2D eigenvalue weighted by atomic mass is 16.5. The Labute approximate surface area is 117 Å². The topological polar surface area (TPSA) is 75.6 Å².